The summed E-state index contributed by atoms with van der Waals surface area (Å²) < 4.78 is 50.4. The number of rotatable bonds is 3. The molecule has 0 saturated carbocycles. The fraction of sp³-hybridized carbons (Fsp3) is 0.571. The first kappa shape index (κ1) is 13.9. The van der Waals surface area contributed by atoms with E-state index in [1.54, 1.807) is 6.07 Å². The zero-order valence-electron chi connectivity index (χ0n) is 11.0. The minimum Gasteiger partial charge on any atom is -0.315 e. The van der Waals surface area contributed by atoms with Gasteiger partial charge in [-0.2, -0.15) is 0 Å². The molecule has 0 aliphatic carbocycles. The van der Waals surface area contributed by atoms with Gasteiger partial charge in [-0.25, -0.2) is 17.2 Å². The van der Waals surface area contributed by atoms with E-state index in [0.29, 0.717) is 31.5 Å². The summed E-state index contributed by atoms with van der Waals surface area (Å²) in [5, 5.41) is 3.15. The van der Waals surface area contributed by atoms with Gasteiger partial charge in [-0.3, -0.25) is 0 Å². The molecule has 2 heterocycles. The second kappa shape index (κ2) is 4.77. The summed E-state index contributed by atoms with van der Waals surface area (Å²) in [5.41, 5.74) is 0.0915. The van der Waals surface area contributed by atoms with Gasteiger partial charge < -0.3 is 5.32 Å². The number of nitrogens with one attached hydrogen (secondary N) is 1. The Morgan fingerprint density at radius 3 is 2.60 bits per heavy atom. The molecule has 0 amide bonds. The third-order valence-corrected chi connectivity index (χ3v) is 6.39. The van der Waals surface area contributed by atoms with Crippen molar-refractivity contribution < 1.29 is 17.2 Å². The Hall–Kier alpha value is -1.01. The van der Waals surface area contributed by atoms with Crippen molar-refractivity contribution in [3.63, 3.8) is 0 Å². The zero-order chi connectivity index (χ0) is 14.4. The highest BCUT2D eigenvalue weighted by molar-refractivity contribution is 7.91. The van der Waals surface area contributed by atoms with Crippen molar-refractivity contribution in [3.8, 4) is 0 Å². The summed E-state index contributed by atoms with van der Waals surface area (Å²) in [4.78, 5) is 0. The van der Waals surface area contributed by atoms with Crippen molar-refractivity contribution in [2.75, 3.05) is 24.6 Å². The molecule has 2 fully saturated rings. The van der Waals surface area contributed by atoms with Gasteiger partial charge in [0.25, 0.3) is 0 Å². The van der Waals surface area contributed by atoms with E-state index in [-0.39, 0.29) is 22.8 Å². The molecule has 1 atom stereocenters. The minimum atomic E-state index is -2.96. The van der Waals surface area contributed by atoms with Crippen LogP contribution < -0.4 is 5.32 Å². The van der Waals surface area contributed by atoms with Gasteiger partial charge in [0, 0.05) is 18.5 Å². The molecule has 0 bridgehead atoms. The van der Waals surface area contributed by atoms with Crippen molar-refractivity contribution in [1.29, 1.82) is 0 Å². The van der Waals surface area contributed by atoms with Gasteiger partial charge in [0.05, 0.1) is 11.5 Å². The van der Waals surface area contributed by atoms with E-state index in [4.69, 9.17) is 0 Å². The van der Waals surface area contributed by atoms with E-state index in [1.165, 1.54) is 6.07 Å². The average Bonchev–Trinajstić information content (AvgIpc) is 2.70. The van der Waals surface area contributed by atoms with E-state index in [1.807, 2.05) is 0 Å². The number of hydrogen-bond acceptors (Lipinski definition) is 3. The molecule has 1 aromatic rings. The van der Waals surface area contributed by atoms with Crippen molar-refractivity contribution >= 4 is 9.84 Å². The third-order valence-electron chi connectivity index (χ3n) is 4.63. The SMILES string of the molecule is O=S1(=O)CCC(C2(Cc3cccc(F)c3F)CNC2)C1. The lowest BCUT2D eigenvalue weighted by atomic mass is 9.66. The van der Waals surface area contributed by atoms with Crippen molar-refractivity contribution in [1.82, 2.24) is 5.32 Å². The molecule has 0 aromatic heterocycles. The minimum absolute atomic E-state index is 0.0383. The molecular weight excluding hydrogens is 284 g/mol. The lowest BCUT2D eigenvalue weighted by molar-refractivity contribution is 0.0911. The van der Waals surface area contributed by atoms with Crippen molar-refractivity contribution in [2.45, 2.75) is 12.8 Å². The van der Waals surface area contributed by atoms with Crippen LogP contribution >= 0.6 is 0 Å². The quantitative estimate of drug-likeness (QED) is 0.921. The summed E-state index contributed by atoms with van der Waals surface area (Å²) in [6, 6.07) is 4.19. The number of halogens is 2. The number of sulfone groups is 1. The molecule has 6 heteroatoms. The van der Waals surface area contributed by atoms with Crippen LogP contribution in [0.1, 0.15) is 12.0 Å². The van der Waals surface area contributed by atoms with Crippen LogP contribution in [0.3, 0.4) is 0 Å². The van der Waals surface area contributed by atoms with E-state index < -0.39 is 21.5 Å². The summed E-state index contributed by atoms with van der Waals surface area (Å²) in [6.45, 7) is 1.34. The second-order valence-electron chi connectivity index (χ2n) is 5.96. The highest BCUT2D eigenvalue weighted by atomic mass is 32.2. The maximum absolute atomic E-state index is 13.8. The highest BCUT2D eigenvalue weighted by Gasteiger charge is 2.48. The van der Waals surface area contributed by atoms with Crippen LogP contribution in [0.15, 0.2) is 18.2 Å². The number of hydrogen-bond donors (Lipinski definition) is 1. The molecule has 3 nitrogen and oxygen atoms in total. The van der Waals surface area contributed by atoms with Gasteiger partial charge in [-0.15, -0.1) is 0 Å². The Balaban J connectivity index is 1.85. The standard InChI is InChI=1S/C14H17F2NO2S/c15-12-3-1-2-10(13(12)16)6-14(8-17-9-14)11-4-5-20(18,19)7-11/h1-3,11,17H,4-9H2. The predicted octanol–water partition coefficient (Wildman–Crippen LogP) is 1.53. The summed E-state index contributed by atoms with van der Waals surface area (Å²) in [6.07, 6.45) is 1.02. The third kappa shape index (κ3) is 2.35. The van der Waals surface area contributed by atoms with Crippen molar-refractivity contribution in [3.05, 3.63) is 35.4 Å². The topological polar surface area (TPSA) is 46.2 Å². The van der Waals surface area contributed by atoms with E-state index in [0.717, 1.165) is 6.07 Å². The predicted molar refractivity (Wildman–Crippen MR) is 72.1 cm³/mol. The van der Waals surface area contributed by atoms with E-state index in [9.17, 15) is 17.2 Å². The molecule has 2 aliphatic heterocycles. The normalized spacial score (nSPS) is 27.2. The lowest BCUT2D eigenvalue weighted by Crippen LogP contribution is -2.59. The van der Waals surface area contributed by atoms with Gasteiger partial charge >= 0.3 is 0 Å². The van der Waals surface area contributed by atoms with Crippen LogP contribution in [0.4, 0.5) is 8.78 Å². The van der Waals surface area contributed by atoms with Gasteiger partial charge in [0.2, 0.25) is 0 Å². The van der Waals surface area contributed by atoms with Gasteiger partial charge in [0.15, 0.2) is 21.5 Å². The fourth-order valence-electron chi connectivity index (χ4n) is 3.35. The van der Waals surface area contributed by atoms with Crippen LogP contribution in [-0.2, 0) is 16.3 Å². The monoisotopic (exact) mass is 301 g/mol. The summed E-state index contributed by atoms with van der Waals surface area (Å²) >= 11 is 0. The van der Waals surface area contributed by atoms with Crippen LogP contribution in [0.5, 0.6) is 0 Å². The Morgan fingerprint density at radius 2 is 2.05 bits per heavy atom. The maximum Gasteiger partial charge on any atom is 0.162 e. The summed E-state index contributed by atoms with van der Waals surface area (Å²) in [7, 11) is -2.96. The Bertz CT molecular complexity index is 626. The molecule has 1 unspecified atom stereocenters. The fourth-order valence-corrected chi connectivity index (χ4v) is 5.29. The molecule has 0 spiro atoms. The molecule has 1 aromatic carbocycles. The van der Waals surface area contributed by atoms with Crippen molar-refractivity contribution in [2.24, 2.45) is 11.3 Å². The Labute approximate surface area is 117 Å². The molecule has 1 N–H and O–H groups in total. The molecule has 2 aliphatic rings. The Kier molecular flexibility index (Phi) is 3.33. The van der Waals surface area contributed by atoms with Gasteiger partial charge in [-0.05, 0) is 30.4 Å². The molecule has 2 saturated heterocycles. The van der Waals surface area contributed by atoms with Gasteiger partial charge in [0.1, 0.15) is 0 Å². The van der Waals surface area contributed by atoms with Crippen LogP contribution in [0, 0.1) is 23.0 Å². The zero-order valence-corrected chi connectivity index (χ0v) is 11.8. The lowest BCUT2D eigenvalue weighted by Gasteiger charge is -2.47. The average molecular weight is 301 g/mol. The highest BCUT2D eigenvalue weighted by Crippen LogP contribution is 2.42. The second-order valence-corrected chi connectivity index (χ2v) is 8.18. The first-order valence-electron chi connectivity index (χ1n) is 6.76. The molecule has 0 radical (unpaired) electrons. The van der Waals surface area contributed by atoms with Gasteiger partial charge in [-0.1, -0.05) is 12.1 Å². The largest absolute Gasteiger partial charge is 0.315 e. The van der Waals surface area contributed by atoms with Crippen LogP contribution in [0.25, 0.3) is 0 Å². The molecule has 20 heavy (non-hydrogen) atoms. The molecule has 110 valence electrons. The molecular formula is C14H17F2NO2S. The van der Waals surface area contributed by atoms with Crippen LogP contribution in [0.2, 0.25) is 0 Å². The first-order valence-corrected chi connectivity index (χ1v) is 8.58. The number of benzene rings is 1. The smallest absolute Gasteiger partial charge is 0.162 e. The maximum atomic E-state index is 13.8. The molecule has 3 rings (SSSR count). The Morgan fingerprint density at radius 1 is 1.30 bits per heavy atom. The first-order chi connectivity index (χ1) is 9.42. The van der Waals surface area contributed by atoms with E-state index in [2.05, 4.69) is 5.32 Å². The summed E-state index contributed by atoms with van der Waals surface area (Å²) in [5.74, 6) is -1.23. The van der Waals surface area contributed by atoms with E-state index >= 15 is 0 Å². The van der Waals surface area contributed by atoms with Crippen LogP contribution in [-0.4, -0.2) is 33.0 Å².